The van der Waals surface area contributed by atoms with E-state index in [0.29, 0.717) is 0 Å². The highest BCUT2D eigenvalue weighted by molar-refractivity contribution is 7.11. The zero-order valence-electron chi connectivity index (χ0n) is 10.3. The van der Waals surface area contributed by atoms with E-state index in [4.69, 9.17) is 0 Å². The first-order valence-electron chi connectivity index (χ1n) is 5.77. The van der Waals surface area contributed by atoms with Gasteiger partial charge in [-0.05, 0) is 32.7 Å². The highest BCUT2D eigenvalue weighted by atomic mass is 32.1. The molecule has 0 aliphatic carbocycles. The number of nitrogens with one attached hydrogen (secondary N) is 1. The van der Waals surface area contributed by atoms with E-state index < -0.39 is 0 Å². The highest BCUT2D eigenvalue weighted by Crippen LogP contribution is 2.16. The molecule has 0 aliphatic rings. The summed E-state index contributed by atoms with van der Waals surface area (Å²) in [7, 11) is 0. The van der Waals surface area contributed by atoms with Crippen molar-refractivity contribution in [1.82, 2.24) is 10.3 Å². The lowest BCUT2D eigenvalue weighted by atomic mass is 10.1. The van der Waals surface area contributed by atoms with Gasteiger partial charge in [0.2, 0.25) is 0 Å². The number of hydrogen-bond donors (Lipinski definition) is 1. The molecule has 1 aromatic rings. The fourth-order valence-electron chi connectivity index (χ4n) is 1.77. The molecule has 1 heterocycles. The molecule has 0 radical (unpaired) electrons. The minimum absolute atomic E-state index is 0.773. The zero-order chi connectivity index (χ0) is 11.3. The van der Waals surface area contributed by atoms with E-state index in [1.807, 2.05) is 0 Å². The third kappa shape index (κ3) is 4.31. The Hall–Kier alpha value is -0.410. The van der Waals surface area contributed by atoms with Gasteiger partial charge in [0.15, 0.2) is 0 Å². The first-order chi connectivity index (χ1) is 7.13. The van der Waals surface area contributed by atoms with E-state index in [0.717, 1.165) is 19.0 Å². The molecule has 1 unspecified atom stereocenters. The van der Waals surface area contributed by atoms with Crippen LogP contribution in [0.5, 0.6) is 0 Å². The van der Waals surface area contributed by atoms with Gasteiger partial charge < -0.3 is 5.32 Å². The summed E-state index contributed by atoms with van der Waals surface area (Å²) in [6, 6.07) is 0. The molecular formula is C12H22N2S. The Balaban J connectivity index is 2.28. The minimum atomic E-state index is 0.773. The average molecular weight is 226 g/mol. The van der Waals surface area contributed by atoms with Crippen molar-refractivity contribution in [3.8, 4) is 0 Å². The van der Waals surface area contributed by atoms with E-state index in [-0.39, 0.29) is 0 Å². The van der Waals surface area contributed by atoms with Crippen LogP contribution in [0.25, 0.3) is 0 Å². The van der Waals surface area contributed by atoms with Gasteiger partial charge in [0.05, 0.1) is 10.7 Å². The molecule has 1 N–H and O–H groups in total. The Morgan fingerprint density at radius 2 is 2.13 bits per heavy atom. The normalized spacial score (nSPS) is 13.1. The molecule has 0 bridgehead atoms. The SMILES string of the molecule is CCCC(C)CNCc1nc(C)sc1C. The van der Waals surface area contributed by atoms with Crippen molar-refractivity contribution in [3.05, 3.63) is 15.6 Å². The van der Waals surface area contributed by atoms with Gasteiger partial charge in [0.1, 0.15) is 0 Å². The van der Waals surface area contributed by atoms with Crippen LogP contribution in [-0.4, -0.2) is 11.5 Å². The molecule has 0 aliphatic heterocycles. The van der Waals surface area contributed by atoms with Crippen LogP contribution in [0.15, 0.2) is 0 Å². The Bertz CT molecular complexity index is 294. The summed E-state index contributed by atoms with van der Waals surface area (Å²) in [6.07, 6.45) is 2.58. The number of nitrogens with zero attached hydrogens (tertiary/aromatic N) is 1. The summed E-state index contributed by atoms with van der Waals surface area (Å²) in [5.74, 6) is 0.773. The van der Waals surface area contributed by atoms with E-state index in [1.165, 1.54) is 28.4 Å². The summed E-state index contributed by atoms with van der Waals surface area (Å²) >= 11 is 1.79. The Labute approximate surface area is 97.1 Å². The molecule has 0 saturated heterocycles. The first-order valence-corrected chi connectivity index (χ1v) is 6.58. The second kappa shape index (κ2) is 6.23. The maximum atomic E-state index is 4.51. The van der Waals surface area contributed by atoms with Crippen LogP contribution in [0, 0.1) is 19.8 Å². The van der Waals surface area contributed by atoms with Crippen LogP contribution >= 0.6 is 11.3 Å². The molecule has 15 heavy (non-hydrogen) atoms. The fraction of sp³-hybridized carbons (Fsp3) is 0.750. The molecule has 0 spiro atoms. The molecule has 1 aromatic heterocycles. The Morgan fingerprint density at radius 1 is 1.40 bits per heavy atom. The van der Waals surface area contributed by atoms with Crippen LogP contribution in [0.4, 0.5) is 0 Å². The number of thiazole rings is 1. The van der Waals surface area contributed by atoms with Gasteiger partial charge in [-0.2, -0.15) is 0 Å². The van der Waals surface area contributed by atoms with Gasteiger partial charge in [-0.1, -0.05) is 20.3 Å². The maximum absolute atomic E-state index is 4.51. The fourth-order valence-corrected chi connectivity index (χ4v) is 2.60. The molecule has 1 rings (SSSR count). The van der Waals surface area contributed by atoms with Crippen LogP contribution in [0.2, 0.25) is 0 Å². The molecule has 3 heteroatoms. The van der Waals surface area contributed by atoms with Gasteiger partial charge in [0, 0.05) is 11.4 Å². The summed E-state index contributed by atoms with van der Waals surface area (Å²) in [5, 5.41) is 4.66. The summed E-state index contributed by atoms with van der Waals surface area (Å²) in [4.78, 5) is 5.86. The number of hydrogen-bond acceptors (Lipinski definition) is 3. The van der Waals surface area contributed by atoms with Crippen LogP contribution < -0.4 is 5.32 Å². The van der Waals surface area contributed by atoms with Gasteiger partial charge in [-0.3, -0.25) is 0 Å². The topological polar surface area (TPSA) is 24.9 Å². The van der Waals surface area contributed by atoms with E-state index in [1.54, 1.807) is 11.3 Å². The maximum Gasteiger partial charge on any atom is 0.0900 e. The molecule has 86 valence electrons. The molecule has 0 saturated carbocycles. The molecular weight excluding hydrogens is 204 g/mol. The zero-order valence-corrected chi connectivity index (χ0v) is 11.1. The monoisotopic (exact) mass is 226 g/mol. The molecule has 0 amide bonds. The lowest BCUT2D eigenvalue weighted by Crippen LogP contribution is -2.21. The molecule has 1 atom stereocenters. The summed E-state index contributed by atoms with van der Waals surface area (Å²) < 4.78 is 0. The van der Waals surface area contributed by atoms with E-state index in [2.05, 4.69) is 38.0 Å². The standard InChI is InChI=1S/C12H22N2S/c1-5-6-9(2)7-13-8-12-10(3)15-11(4)14-12/h9,13H,5-8H2,1-4H3. The van der Waals surface area contributed by atoms with Crippen molar-refractivity contribution in [2.45, 2.75) is 47.1 Å². The quantitative estimate of drug-likeness (QED) is 0.805. The molecule has 0 aromatic carbocycles. The van der Waals surface area contributed by atoms with Gasteiger partial charge >= 0.3 is 0 Å². The van der Waals surface area contributed by atoms with Crippen LogP contribution in [-0.2, 0) is 6.54 Å². The van der Waals surface area contributed by atoms with Crippen molar-refractivity contribution >= 4 is 11.3 Å². The van der Waals surface area contributed by atoms with E-state index in [9.17, 15) is 0 Å². The van der Waals surface area contributed by atoms with Gasteiger partial charge in [-0.15, -0.1) is 11.3 Å². The Kier molecular flexibility index (Phi) is 5.26. The lowest BCUT2D eigenvalue weighted by Gasteiger charge is -2.10. The van der Waals surface area contributed by atoms with Crippen molar-refractivity contribution in [2.75, 3.05) is 6.54 Å². The third-order valence-electron chi connectivity index (χ3n) is 2.57. The third-order valence-corrected chi connectivity index (χ3v) is 3.49. The van der Waals surface area contributed by atoms with Crippen LogP contribution in [0.1, 0.15) is 42.3 Å². The van der Waals surface area contributed by atoms with Crippen molar-refractivity contribution in [1.29, 1.82) is 0 Å². The van der Waals surface area contributed by atoms with Crippen molar-refractivity contribution in [3.63, 3.8) is 0 Å². The van der Waals surface area contributed by atoms with Gasteiger partial charge in [-0.25, -0.2) is 4.98 Å². The summed E-state index contributed by atoms with van der Waals surface area (Å²) in [6.45, 7) is 10.8. The minimum Gasteiger partial charge on any atom is -0.311 e. The predicted octanol–water partition coefficient (Wildman–Crippen LogP) is 3.29. The first kappa shape index (κ1) is 12.7. The number of aromatic nitrogens is 1. The van der Waals surface area contributed by atoms with Crippen molar-refractivity contribution in [2.24, 2.45) is 5.92 Å². The Morgan fingerprint density at radius 3 is 2.67 bits per heavy atom. The molecule has 2 nitrogen and oxygen atoms in total. The van der Waals surface area contributed by atoms with Gasteiger partial charge in [0.25, 0.3) is 0 Å². The smallest absolute Gasteiger partial charge is 0.0900 e. The van der Waals surface area contributed by atoms with Crippen molar-refractivity contribution < 1.29 is 0 Å². The number of aryl methyl sites for hydroxylation is 2. The predicted molar refractivity (Wildman–Crippen MR) is 67.4 cm³/mol. The second-order valence-corrected chi connectivity index (χ2v) is 5.67. The van der Waals surface area contributed by atoms with E-state index >= 15 is 0 Å². The number of rotatable bonds is 6. The second-order valence-electron chi connectivity index (χ2n) is 4.26. The lowest BCUT2D eigenvalue weighted by molar-refractivity contribution is 0.474. The summed E-state index contributed by atoms with van der Waals surface area (Å²) in [5.41, 5.74) is 1.22. The largest absolute Gasteiger partial charge is 0.311 e. The van der Waals surface area contributed by atoms with Crippen LogP contribution in [0.3, 0.4) is 0 Å². The molecule has 0 fully saturated rings. The highest BCUT2D eigenvalue weighted by Gasteiger charge is 2.05. The average Bonchev–Trinajstić information content (AvgIpc) is 2.46.